The molecule has 2 unspecified atom stereocenters. The van der Waals surface area contributed by atoms with Gasteiger partial charge in [-0.1, -0.05) is 6.42 Å². The first-order valence-electron chi connectivity index (χ1n) is 6.90. The van der Waals surface area contributed by atoms with Gasteiger partial charge in [0, 0.05) is 13.1 Å². The highest BCUT2D eigenvalue weighted by atomic mass is 16.5. The number of hydrazine groups is 1. The Balaban J connectivity index is 1.81. The van der Waals surface area contributed by atoms with E-state index in [9.17, 15) is 0 Å². The summed E-state index contributed by atoms with van der Waals surface area (Å²) in [7, 11) is 0. The van der Waals surface area contributed by atoms with Crippen LogP contribution in [0.15, 0.2) is 0 Å². The number of fused-ring (bicyclic) bond motifs is 1. The van der Waals surface area contributed by atoms with Crippen molar-refractivity contribution >= 4 is 11.9 Å². The third-order valence-electron chi connectivity index (χ3n) is 4.01. The lowest BCUT2D eigenvalue weighted by Gasteiger charge is -2.18. The minimum absolute atomic E-state index is 0.331. The summed E-state index contributed by atoms with van der Waals surface area (Å²) in [4.78, 5) is 15.0. The van der Waals surface area contributed by atoms with Gasteiger partial charge in [-0.25, -0.2) is 5.84 Å². The molecule has 0 aromatic carbocycles. The fourth-order valence-electron chi connectivity index (χ4n) is 3.14. The van der Waals surface area contributed by atoms with Gasteiger partial charge in [0.25, 0.3) is 0 Å². The van der Waals surface area contributed by atoms with Gasteiger partial charge in [0.2, 0.25) is 11.9 Å². The lowest BCUT2D eigenvalue weighted by atomic mass is 10.0. The van der Waals surface area contributed by atoms with Crippen molar-refractivity contribution in [1.82, 2.24) is 15.0 Å². The topological polar surface area (TPSA) is 89.2 Å². The number of nitrogens with one attached hydrogen (secondary N) is 1. The molecule has 1 saturated heterocycles. The fraction of sp³-hybridized carbons (Fsp3) is 0.750. The highest BCUT2D eigenvalue weighted by Crippen LogP contribution is 2.38. The molecule has 0 bridgehead atoms. The van der Waals surface area contributed by atoms with Crippen LogP contribution in [0.25, 0.3) is 0 Å². The summed E-state index contributed by atoms with van der Waals surface area (Å²) in [6.07, 6.45) is 4.01. The van der Waals surface area contributed by atoms with E-state index in [2.05, 4.69) is 25.3 Å². The maximum absolute atomic E-state index is 5.40. The second-order valence-electron chi connectivity index (χ2n) is 5.17. The van der Waals surface area contributed by atoms with Crippen LogP contribution in [-0.4, -0.2) is 34.6 Å². The van der Waals surface area contributed by atoms with Gasteiger partial charge in [0.1, 0.15) is 0 Å². The van der Waals surface area contributed by atoms with E-state index in [0.29, 0.717) is 24.5 Å². The van der Waals surface area contributed by atoms with Gasteiger partial charge in [-0.05, 0) is 31.6 Å². The van der Waals surface area contributed by atoms with Crippen LogP contribution in [0.1, 0.15) is 26.2 Å². The minimum Gasteiger partial charge on any atom is -0.464 e. The zero-order chi connectivity index (χ0) is 13.2. The van der Waals surface area contributed by atoms with E-state index in [1.807, 2.05) is 6.92 Å². The van der Waals surface area contributed by atoms with Gasteiger partial charge in [0.05, 0.1) is 6.61 Å². The summed E-state index contributed by atoms with van der Waals surface area (Å²) in [6.45, 7) is 4.49. The number of nitrogens with zero attached hydrogens (tertiary/aromatic N) is 4. The maximum Gasteiger partial charge on any atom is 0.323 e. The highest BCUT2D eigenvalue weighted by Gasteiger charge is 2.37. The largest absolute Gasteiger partial charge is 0.464 e. The quantitative estimate of drug-likeness (QED) is 0.614. The lowest BCUT2D eigenvalue weighted by molar-refractivity contribution is 0.312. The average Bonchev–Trinajstić information content (AvgIpc) is 2.99. The van der Waals surface area contributed by atoms with E-state index >= 15 is 0 Å². The van der Waals surface area contributed by atoms with E-state index in [-0.39, 0.29) is 0 Å². The number of rotatable bonds is 4. The van der Waals surface area contributed by atoms with Crippen LogP contribution in [0.4, 0.5) is 11.9 Å². The lowest BCUT2D eigenvalue weighted by Crippen LogP contribution is -2.24. The molecule has 3 N–H and O–H groups in total. The van der Waals surface area contributed by atoms with Crippen molar-refractivity contribution in [2.24, 2.45) is 17.7 Å². The molecule has 2 heterocycles. The number of ether oxygens (including phenoxy) is 1. The molecular formula is C12H20N6O. The van der Waals surface area contributed by atoms with Crippen molar-refractivity contribution in [3.8, 4) is 6.01 Å². The molecule has 2 atom stereocenters. The predicted octanol–water partition coefficient (Wildman–Crippen LogP) is 0.792. The molecule has 2 aliphatic rings. The smallest absolute Gasteiger partial charge is 0.323 e. The third-order valence-corrected chi connectivity index (χ3v) is 4.01. The molecule has 1 aliphatic heterocycles. The average molecular weight is 264 g/mol. The van der Waals surface area contributed by atoms with E-state index in [1.54, 1.807) is 0 Å². The van der Waals surface area contributed by atoms with Gasteiger partial charge < -0.3 is 9.64 Å². The molecule has 1 aliphatic carbocycles. The molecule has 0 spiro atoms. The molecule has 0 radical (unpaired) electrons. The fourth-order valence-corrected chi connectivity index (χ4v) is 3.14. The van der Waals surface area contributed by atoms with Crippen LogP contribution in [0, 0.1) is 11.8 Å². The first-order chi connectivity index (χ1) is 9.30. The Labute approximate surface area is 112 Å². The second kappa shape index (κ2) is 5.16. The monoisotopic (exact) mass is 264 g/mol. The van der Waals surface area contributed by atoms with Gasteiger partial charge >= 0.3 is 6.01 Å². The number of anilines is 2. The van der Waals surface area contributed by atoms with Crippen molar-refractivity contribution < 1.29 is 4.74 Å². The molecule has 1 saturated carbocycles. The zero-order valence-electron chi connectivity index (χ0n) is 11.2. The second-order valence-corrected chi connectivity index (χ2v) is 5.17. The zero-order valence-corrected chi connectivity index (χ0v) is 11.2. The van der Waals surface area contributed by atoms with Crippen LogP contribution >= 0.6 is 0 Å². The molecule has 1 aromatic heterocycles. The normalized spacial score (nSPS) is 25.5. The van der Waals surface area contributed by atoms with E-state index in [4.69, 9.17) is 10.6 Å². The Morgan fingerprint density at radius 1 is 1.26 bits per heavy atom. The Morgan fingerprint density at radius 2 is 2.00 bits per heavy atom. The number of nitrogen functional groups attached to an aromatic ring is 1. The molecule has 2 fully saturated rings. The molecule has 19 heavy (non-hydrogen) atoms. The van der Waals surface area contributed by atoms with Crippen molar-refractivity contribution in [3.63, 3.8) is 0 Å². The summed E-state index contributed by atoms with van der Waals surface area (Å²) < 4.78 is 5.36. The number of nitrogens with two attached hydrogens (primary N) is 1. The van der Waals surface area contributed by atoms with Gasteiger partial charge in [-0.15, -0.1) is 0 Å². The van der Waals surface area contributed by atoms with Crippen molar-refractivity contribution in [3.05, 3.63) is 0 Å². The van der Waals surface area contributed by atoms with Gasteiger partial charge in [-0.2, -0.15) is 15.0 Å². The van der Waals surface area contributed by atoms with Crippen molar-refractivity contribution in [2.75, 3.05) is 30.0 Å². The van der Waals surface area contributed by atoms with Crippen LogP contribution in [-0.2, 0) is 0 Å². The molecule has 1 aromatic rings. The summed E-state index contributed by atoms with van der Waals surface area (Å²) in [5.74, 6) is 8.00. The molecule has 104 valence electrons. The van der Waals surface area contributed by atoms with Crippen LogP contribution in [0.5, 0.6) is 6.01 Å². The summed E-state index contributed by atoms with van der Waals surface area (Å²) in [6, 6.07) is 0.331. The first-order valence-corrected chi connectivity index (χ1v) is 6.90. The minimum atomic E-state index is 0.331. The standard InChI is InChI=1S/C12H20N6O/c1-2-19-12-15-10(17-13)14-11(16-12)18-6-8-4-3-5-9(8)7-18/h8-9H,2-7,13H2,1H3,(H,14,15,16,17). The molecule has 0 amide bonds. The van der Waals surface area contributed by atoms with Crippen LogP contribution in [0.3, 0.4) is 0 Å². The van der Waals surface area contributed by atoms with Crippen LogP contribution in [0.2, 0.25) is 0 Å². The third kappa shape index (κ3) is 2.42. The SMILES string of the molecule is CCOc1nc(NN)nc(N2CC3CCCC3C2)n1. The van der Waals surface area contributed by atoms with Crippen molar-refractivity contribution in [2.45, 2.75) is 26.2 Å². The predicted molar refractivity (Wildman–Crippen MR) is 71.9 cm³/mol. The Morgan fingerprint density at radius 3 is 2.63 bits per heavy atom. The van der Waals surface area contributed by atoms with Crippen LogP contribution < -0.4 is 20.9 Å². The molecule has 7 nitrogen and oxygen atoms in total. The Kier molecular flexibility index (Phi) is 3.37. The van der Waals surface area contributed by atoms with Crippen molar-refractivity contribution in [1.29, 1.82) is 0 Å². The Bertz CT molecular complexity index is 442. The molecule has 3 rings (SSSR count). The molecular weight excluding hydrogens is 244 g/mol. The summed E-state index contributed by atoms with van der Waals surface area (Å²) in [5, 5.41) is 0. The molecule has 7 heteroatoms. The Hall–Kier alpha value is -1.63. The van der Waals surface area contributed by atoms with E-state index in [1.165, 1.54) is 19.3 Å². The summed E-state index contributed by atoms with van der Waals surface area (Å²) >= 11 is 0. The highest BCUT2D eigenvalue weighted by molar-refractivity contribution is 5.39. The maximum atomic E-state index is 5.40. The van der Waals surface area contributed by atoms with E-state index < -0.39 is 0 Å². The number of aromatic nitrogens is 3. The first kappa shape index (κ1) is 12.4. The number of hydrogen-bond acceptors (Lipinski definition) is 7. The van der Waals surface area contributed by atoms with E-state index in [0.717, 1.165) is 24.9 Å². The van der Waals surface area contributed by atoms with Gasteiger partial charge in [-0.3, -0.25) is 5.43 Å². The summed E-state index contributed by atoms with van der Waals surface area (Å²) in [5.41, 5.74) is 2.47. The van der Waals surface area contributed by atoms with Gasteiger partial charge in [0.15, 0.2) is 0 Å². The number of hydrogen-bond donors (Lipinski definition) is 2.